The highest BCUT2D eigenvalue weighted by molar-refractivity contribution is 6.01. The summed E-state index contributed by atoms with van der Waals surface area (Å²) in [6.07, 6.45) is 0.602. The summed E-state index contributed by atoms with van der Waals surface area (Å²) in [6, 6.07) is 3.04. The number of fused-ring (bicyclic) bond motifs is 1. The summed E-state index contributed by atoms with van der Waals surface area (Å²) in [5, 5.41) is 3.05. The Balaban J connectivity index is 2.85. The van der Waals surface area contributed by atoms with E-state index in [4.69, 9.17) is 18.9 Å². The summed E-state index contributed by atoms with van der Waals surface area (Å²) in [5.74, 6) is -2.24. The van der Waals surface area contributed by atoms with Gasteiger partial charge >= 0.3 is 11.9 Å². The van der Waals surface area contributed by atoms with Gasteiger partial charge in [-0.25, -0.2) is 4.79 Å². The highest BCUT2D eigenvalue weighted by Crippen LogP contribution is 2.46. The van der Waals surface area contributed by atoms with Crippen molar-refractivity contribution in [2.24, 2.45) is 0 Å². The highest BCUT2D eigenvalue weighted by Gasteiger charge is 2.44. The van der Waals surface area contributed by atoms with Crippen molar-refractivity contribution in [3.05, 3.63) is 34.7 Å². The maximum atomic E-state index is 12.6. The molecule has 1 N–H and O–H groups in total. The zero-order valence-electron chi connectivity index (χ0n) is 16.2. The van der Waals surface area contributed by atoms with Crippen LogP contribution in [0.2, 0.25) is 0 Å². The number of nitrogens with one attached hydrogen (secondary N) is 1. The number of hydrogen-bond donors (Lipinski definition) is 1. The van der Waals surface area contributed by atoms with Gasteiger partial charge in [0.25, 0.3) is 0 Å². The fourth-order valence-electron chi connectivity index (χ4n) is 2.80. The van der Waals surface area contributed by atoms with Crippen LogP contribution in [0.1, 0.15) is 42.6 Å². The zero-order chi connectivity index (χ0) is 20.4. The zero-order valence-corrected chi connectivity index (χ0v) is 16.2. The van der Waals surface area contributed by atoms with Crippen molar-refractivity contribution in [3.63, 3.8) is 0 Å². The predicted octanol–water partition coefficient (Wildman–Crippen LogP) is 1.93. The van der Waals surface area contributed by atoms with Gasteiger partial charge in [-0.15, -0.1) is 0 Å². The first-order valence-corrected chi connectivity index (χ1v) is 8.20. The van der Waals surface area contributed by atoms with E-state index in [0.29, 0.717) is 6.29 Å². The minimum atomic E-state index is -1.19. The molecule has 0 spiro atoms. The molecule has 8 nitrogen and oxygen atoms in total. The number of esters is 2. The van der Waals surface area contributed by atoms with Crippen molar-refractivity contribution in [2.75, 3.05) is 21.3 Å². The molecule has 0 saturated carbocycles. The Bertz CT molecular complexity index is 805. The largest absolute Gasteiger partial charge is 0.496 e. The van der Waals surface area contributed by atoms with Crippen molar-refractivity contribution in [1.82, 2.24) is 5.32 Å². The van der Waals surface area contributed by atoms with E-state index in [1.54, 1.807) is 0 Å². The Morgan fingerprint density at radius 1 is 1.15 bits per heavy atom. The number of rotatable bonds is 5. The third-order valence-electron chi connectivity index (χ3n) is 3.89. The minimum Gasteiger partial charge on any atom is -0.496 e. The third kappa shape index (κ3) is 3.89. The van der Waals surface area contributed by atoms with Crippen LogP contribution in [0.25, 0.3) is 0 Å². The molecule has 146 valence electrons. The van der Waals surface area contributed by atoms with Crippen LogP contribution in [0.3, 0.4) is 0 Å². The number of benzene rings is 1. The molecule has 1 aliphatic rings. The van der Waals surface area contributed by atoms with Gasteiger partial charge in [0.15, 0.2) is 6.29 Å². The molecule has 1 aromatic carbocycles. The Morgan fingerprint density at radius 3 is 2.30 bits per heavy atom. The van der Waals surface area contributed by atoms with Gasteiger partial charge in [0.1, 0.15) is 23.0 Å². The summed E-state index contributed by atoms with van der Waals surface area (Å²) in [4.78, 5) is 36.7. The molecule has 0 saturated heterocycles. The number of carbonyl (C=O) groups is 3. The topological polar surface area (TPSA) is 100 Å². The normalized spacial score (nSPS) is 16.0. The quantitative estimate of drug-likeness (QED) is 0.614. The number of methoxy groups -OCH3 is 3. The van der Waals surface area contributed by atoms with Crippen LogP contribution < -0.4 is 14.8 Å². The third-order valence-corrected chi connectivity index (χ3v) is 3.89. The van der Waals surface area contributed by atoms with Gasteiger partial charge in [0.05, 0.1) is 32.5 Å². The van der Waals surface area contributed by atoms with E-state index >= 15 is 0 Å². The lowest BCUT2D eigenvalue weighted by Crippen LogP contribution is -2.42. The van der Waals surface area contributed by atoms with E-state index < -0.39 is 23.4 Å². The van der Waals surface area contributed by atoms with Gasteiger partial charge in [-0.1, -0.05) is 0 Å². The molecule has 1 unspecified atom stereocenters. The molecule has 1 aromatic rings. The first kappa shape index (κ1) is 20.3. The van der Waals surface area contributed by atoms with Crippen LogP contribution in [0.5, 0.6) is 11.5 Å². The van der Waals surface area contributed by atoms with Gasteiger partial charge < -0.3 is 24.3 Å². The van der Waals surface area contributed by atoms with Gasteiger partial charge in [0, 0.05) is 5.54 Å². The predicted molar refractivity (Wildman–Crippen MR) is 95.7 cm³/mol. The van der Waals surface area contributed by atoms with E-state index in [9.17, 15) is 14.4 Å². The van der Waals surface area contributed by atoms with Crippen LogP contribution in [0.15, 0.2) is 23.6 Å². The van der Waals surface area contributed by atoms with Gasteiger partial charge in [-0.3, -0.25) is 9.59 Å². The number of ether oxygens (including phenoxy) is 4. The monoisotopic (exact) mass is 377 g/mol. The summed E-state index contributed by atoms with van der Waals surface area (Å²) in [7, 11) is 3.82. The van der Waals surface area contributed by atoms with E-state index in [1.165, 1.54) is 33.5 Å². The molecule has 8 heteroatoms. The van der Waals surface area contributed by atoms with Crippen LogP contribution in [0.4, 0.5) is 0 Å². The number of aldehydes is 1. The molecule has 2 rings (SSSR count). The van der Waals surface area contributed by atoms with Crippen LogP contribution in [-0.4, -0.2) is 45.1 Å². The molecule has 0 bridgehead atoms. The van der Waals surface area contributed by atoms with Crippen molar-refractivity contribution >= 4 is 18.2 Å². The molecule has 0 fully saturated rings. The smallest absolute Gasteiger partial charge is 0.340 e. The van der Waals surface area contributed by atoms with Crippen LogP contribution >= 0.6 is 0 Å². The number of hydrogen-bond acceptors (Lipinski definition) is 8. The fraction of sp³-hybridized carbons (Fsp3) is 0.421. The summed E-state index contributed by atoms with van der Waals surface area (Å²) in [5.41, 5.74) is -0.133. The summed E-state index contributed by atoms with van der Waals surface area (Å²) in [6.45, 7) is 5.56. The molecule has 27 heavy (non-hydrogen) atoms. The first-order chi connectivity index (χ1) is 12.7. The standard InChI is InChI=1S/C19H23NO7/c1-19(2,3)20-16-14(18(23)26-6)13(17(22)25-5)12-11(24-4)8-7-10(9-21)15(12)27-16/h7-9,13,20H,1-6H3. The van der Waals surface area contributed by atoms with Crippen molar-refractivity contribution < 1.29 is 33.3 Å². The Morgan fingerprint density at radius 2 is 1.81 bits per heavy atom. The second kappa shape index (κ2) is 7.69. The molecule has 0 aliphatic carbocycles. The molecule has 0 radical (unpaired) electrons. The van der Waals surface area contributed by atoms with Crippen molar-refractivity contribution in [2.45, 2.75) is 32.2 Å². The molecule has 1 heterocycles. The van der Waals surface area contributed by atoms with Crippen molar-refractivity contribution in [3.8, 4) is 11.5 Å². The van der Waals surface area contributed by atoms with Crippen LogP contribution in [-0.2, 0) is 19.1 Å². The number of carbonyl (C=O) groups excluding carboxylic acids is 3. The lowest BCUT2D eigenvalue weighted by molar-refractivity contribution is -0.145. The summed E-state index contributed by atoms with van der Waals surface area (Å²) >= 11 is 0. The molecule has 1 atom stereocenters. The lowest BCUT2D eigenvalue weighted by Gasteiger charge is -2.33. The van der Waals surface area contributed by atoms with Crippen LogP contribution in [0, 0.1) is 0 Å². The van der Waals surface area contributed by atoms with Crippen molar-refractivity contribution in [1.29, 1.82) is 0 Å². The lowest BCUT2D eigenvalue weighted by atomic mass is 9.86. The second-order valence-electron chi connectivity index (χ2n) is 6.89. The molecule has 0 amide bonds. The molecular weight excluding hydrogens is 354 g/mol. The maximum absolute atomic E-state index is 12.6. The van der Waals surface area contributed by atoms with Gasteiger partial charge in [-0.2, -0.15) is 0 Å². The van der Waals surface area contributed by atoms with Gasteiger partial charge in [0.2, 0.25) is 5.88 Å². The Hall–Kier alpha value is -3.03. The van der Waals surface area contributed by atoms with E-state index in [-0.39, 0.29) is 34.1 Å². The Labute approximate surface area is 157 Å². The second-order valence-corrected chi connectivity index (χ2v) is 6.89. The average Bonchev–Trinajstić information content (AvgIpc) is 2.63. The summed E-state index contributed by atoms with van der Waals surface area (Å²) < 4.78 is 21.0. The molecule has 0 aromatic heterocycles. The van der Waals surface area contributed by atoms with E-state index in [2.05, 4.69) is 5.32 Å². The van der Waals surface area contributed by atoms with Gasteiger partial charge in [-0.05, 0) is 32.9 Å². The highest BCUT2D eigenvalue weighted by atomic mass is 16.5. The SMILES string of the molecule is COC(=O)C1=C(NC(C)(C)C)Oc2c(C=O)ccc(OC)c2C1C(=O)OC. The first-order valence-electron chi connectivity index (χ1n) is 8.20. The van der Waals surface area contributed by atoms with E-state index in [0.717, 1.165) is 0 Å². The average molecular weight is 377 g/mol. The minimum absolute atomic E-state index is 0.0219. The van der Waals surface area contributed by atoms with E-state index in [1.807, 2.05) is 20.8 Å². The fourth-order valence-corrected chi connectivity index (χ4v) is 2.80. The Kier molecular flexibility index (Phi) is 5.78. The molecular formula is C19H23NO7. The maximum Gasteiger partial charge on any atom is 0.340 e. The molecule has 1 aliphatic heterocycles.